The number of nitrogens with one attached hydrogen (secondary N) is 1. The van der Waals surface area contributed by atoms with Gasteiger partial charge >= 0.3 is 0 Å². The molecule has 1 aromatic rings. The van der Waals surface area contributed by atoms with E-state index in [-0.39, 0.29) is 23.9 Å². The number of halogens is 1. The summed E-state index contributed by atoms with van der Waals surface area (Å²) in [6.07, 6.45) is 0.849. The maximum atomic E-state index is 14.5. The van der Waals surface area contributed by atoms with Crippen molar-refractivity contribution in [2.45, 2.75) is 31.1 Å². The van der Waals surface area contributed by atoms with E-state index in [1.54, 1.807) is 31.2 Å². The number of alkyl halides is 1. The molecule has 3 saturated heterocycles. The monoisotopic (exact) mass is 317 g/mol. The van der Waals surface area contributed by atoms with Gasteiger partial charge in [0.05, 0.1) is 12.1 Å². The van der Waals surface area contributed by atoms with Gasteiger partial charge in [-0.25, -0.2) is 4.39 Å². The lowest BCUT2D eigenvalue weighted by Crippen LogP contribution is -2.53. The first kappa shape index (κ1) is 14.6. The normalized spacial score (nSPS) is 27.9. The molecule has 23 heavy (non-hydrogen) atoms. The van der Waals surface area contributed by atoms with Crippen LogP contribution in [-0.4, -0.2) is 59.9 Å². The van der Waals surface area contributed by atoms with Gasteiger partial charge in [-0.2, -0.15) is 0 Å². The van der Waals surface area contributed by atoms with Crippen LogP contribution in [0.25, 0.3) is 0 Å². The van der Waals surface area contributed by atoms with E-state index in [9.17, 15) is 14.0 Å². The summed E-state index contributed by atoms with van der Waals surface area (Å²) in [5.41, 5.74) is -0.253. The summed E-state index contributed by atoms with van der Waals surface area (Å²) >= 11 is 0. The Morgan fingerprint density at radius 1 is 1.22 bits per heavy atom. The summed E-state index contributed by atoms with van der Waals surface area (Å²) in [5, 5.41) is 2.93. The molecule has 3 heterocycles. The molecule has 5 nitrogen and oxygen atoms in total. The average molecular weight is 317 g/mol. The Balaban J connectivity index is 1.53. The van der Waals surface area contributed by atoms with Crippen LogP contribution in [0.3, 0.4) is 0 Å². The molecule has 0 unspecified atom stereocenters. The Morgan fingerprint density at radius 2 is 1.91 bits per heavy atom. The van der Waals surface area contributed by atoms with Crippen LogP contribution in [0, 0.1) is 0 Å². The quantitative estimate of drug-likeness (QED) is 0.882. The third kappa shape index (κ3) is 2.24. The number of nitrogens with zero attached hydrogens (tertiary/aromatic N) is 2. The first-order chi connectivity index (χ1) is 11.0. The SMILES string of the molecule is CC(=O)N1C[C@@H]2C[C@H]1CN2C(=O)c1cccc(C2(F)CNC2)c1. The van der Waals surface area contributed by atoms with Gasteiger partial charge in [0, 0.05) is 38.7 Å². The minimum Gasteiger partial charge on any atom is -0.336 e. The molecule has 4 rings (SSSR count). The Kier molecular flexibility index (Phi) is 3.20. The molecule has 0 aromatic heterocycles. The summed E-state index contributed by atoms with van der Waals surface area (Å²) < 4.78 is 14.5. The van der Waals surface area contributed by atoms with Gasteiger partial charge in [-0.1, -0.05) is 12.1 Å². The van der Waals surface area contributed by atoms with Crippen molar-refractivity contribution in [2.75, 3.05) is 26.2 Å². The number of hydrogen-bond acceptors (Lipinski definition) is 3. The fourth-order valence-corrected chi connectivity index (χ4v) is 3.95. The molecule has 0 spiro atoms. The maximum absolute atomic E-state index is 14.5. The molecule has 0 saturated carbocycles. The highest BCUT2D eigenvalue weighted by atomic mass is 19.1. The molecular weight excluding hydrogens is 297 g/mol. The fraction of sp³-hybridized carbons (Fsp3) is 0.529. The number of carbonyl (C=O) groups excluding carboxylic acids is 2. The van der Waals surface area contributed by atoms with Gasteiger partial charge in [0.25, 0.3) is 5.91 Å². The van der Waals surface area contributed by atoms with Crippen molar-refractivity contribution >= 4 is 11.8 Å². The molecular formula is C17H20FN3O2. The highest BCUT2D eigenvalue weighted by Crippen LogP contribution is 2.33. The van der Waals surface area contributed by atoms with Crippen molar-refractivity contribution < 1.29 is 14.0 Å². The number of likely N-dealkylation sites (tertiary alicyclic amines) is 2. The number of rotatable bonds is 2. The van der Waals surface area contributed by atoms with Crippen molar-refractivity contribution in [3.8, 4) is 0 Å². The minimum atomic E-state index is -1.36. The van der Waals surface area contributed by atoms with Crippen LogP contribution in [-0.2, 0) is 10.5 Å². The third-order valence-corrected chi connectivity index (χ3v) is 5.34. The van der Waals surface area contributed by atoms with E-state index in [1.807, 2.05) is 9.80 Å². The third-order valence-electron chi connectivity index (χ3n) is 5.34. The van der Waals surface area contributed by atoms with Crippen LogP contribution in [0.1, 0.15) is 29.3 Å². The predicted octanol–water partition coefficient (Wildman–Crippen LogP) is 0.900. The lowest BCUT2D eigenvalue weighted by molar-refractivity contribution is -0.130. The predicted molar refractivity (Wildman–Crippen MR) is 82.7 cm³/mol. The first-order valence-electron chi connectivity index (χ1n) is 8.06. The number of amides is 2. The molecule has 2 bridgehead atoms. The van der Waals surface area contributed by atoms with E-state index in [2.05, 4.69) is 5.32 Å². The highest BCUT2D eigenvalue weighted by molar-refractivity contribution is 5.95. The summed E-state index contributed by atoms with van der Waals surface area (Å²) in [5.74, 6) is 0.0156. The summed E-state index contributed by atoms with van der Waals surface area (Å²) in [7, 11) is 0. The molecule has 2 amide bonds. The molecule has 122 valence electrons. The first-order valence-corrected chi connectivity index (χ1v) is 8.06. The van der Waals surface area contributed by atoms with E-state index in [4.69, 9.17) is 0 Å². The van der Waals surface area contributed by atoms with Crippen molar-refractivity contribution in [3.63, 3.8) is 0 Å². The van der Waals surface area contributed by atoms with Gasteiger partial charge < -0.3 is 15.1 Å². The Morgan fingerprint density at radius 3 is 2.48 bits per heavy atom. The molecule has 2 atom stereocenters. The van der Waals surface area contributed by atoms with Crippen LogP contribution >= 0.6 is 0 Å². The number of hydrogen-bond donors (Lipinski definition) is 1. The lowest BCUT2D eigenvalue weighted by Gasteiger charge is -2.36. The zero-order valence-electron chi connectivity index (χ0n) is 13.1. The molecule has 0 aliphatic carbocycles. The molecule has 3 aliphatic heterocycles. The fourth-order valence-electron chi connectivity index (χ4n) is 3.95. The number of carbonyl (C=O) groups is 2. The molecule has 6 heteroatoms. The van der Waals surface area contributed by atoms with E-state index in [0.717, 1.165) is 6.42 Å². The maximum Gasteiger partial charge on any atom is 0.254 e. The largest absolute Gasteiger partial charge is 0.336 e. The molecule has 0 radical (unpaired) electrons. The Bertz CT molecular complexity index is 674. The van der Waals surface area contributed by atoms with Gasteiger partial charge in [-0.05, 0) is 24.1 Å². The van der Waals surface area contributed by atoms with E-state index in [0.29, 0.717) is 37.3 Å². The zero-order chi connectivity index (χ0) is 16.2. The minimum absolute atomic E-state index is 0.0570. The van der Waals surface area contributed by atoms with Crippen molar-refractivity contribution in [1.29, 1.82) is 0 Å². The second-order valence-electron chi connectivity index (χ2n) is 6.82. The smallest absolute Gasteiger partial charge is 0.254 e. The van der Waals surface area contributed by atoms with Crippen LogP contribution in [0.2, 0.25) is 0 Å². The lowest BCUT2D eigenvalue weighted by atomic mass is 9.89. The number of piperazine rings is 1. The number of fused-ring (bicyclic) bond motifs is 2. The number of benzene rings is 1. The van der Waals surface area contributed by atoms with E-state index >= 15 is 0 Å². The average Bonchev–Trinajstić information content (AvgIpc) is 3.12. The van der Waals surface area contributed by atoms with E-state index in [1.165, 1.54) is 0 Å². The van der Waals surface area contributed by atoms with Gasteiger partial charge in [0.1, 0.15) is 0 Å². The van der Waals surface area contributed by atoms with Gasteiger partial charge in [-0.15, -0.1) is 0 Å². The highest BCUT2D eigenvalue weighted by Gasteiger charge is 2.46. The standard InChI is InChI=1S/C17H20FN3O2/c1-11(22)20-7-15-6-14(20)8-21(15)16(23)12-3-2-4-13(5-12)17(18)9-19-10-17/h2-5,14-15,19H,6-10H2,1H3/t14-,15-/m0/s1. The van der Waals surface area contributed by atoms with Crippen LogP contribution in [0.4, 0.5) is 4.39 Å². The van der Waals surface area contributed by atoms with E-state index < -0.39 is 5.67 Å². The molecule has 1 N–H and O–H groups in total. The Hall–Kier alpha value is -1.95. The molecule has 1 aromatic carbocycles. The summed E-state index contributed by atoms with van der Waals surface area (Å²) in [6.45, 7) is 3.36. The van der Waals surface area contributed by atoms with Crippen molar-refractivity contribution in [1.82, 2.24) is 15.1 Å². The molecule has 3 aliphatic rings. The van der Waals surface area contributed by atoms with Gasteiger partial charge in [0.15, 0.2) is 5.67 Å². The zero-order valence-corrected chi connectivity index (χ0v) is 13.1. The Labute approximate surface area is 134 Å². The topological polar surface area (TPSA) is 52.7 Å². The van der Waals surface area contributed by atoms with Crippen molar-refractivity contribution in [2.24, 2.45) is 0 Å². The van der Waals surface area contributed by atoms with Gasteiger partial charge in [0.2, 0.25) is 5.91 Å². The molecule has 3 fully saturated rings. The second-order valence-corrected chi connectivity index (χ2v) is 6.82. The van der Waals surface area contributed by atoms with Crippen LogP contribution < -0.4 is 5.32 Å². The summed E-state index contributed by atoms with van der Waals surface area (Å²) in [4.78, 5) is 28.0. The summed E-state index contributed by atoms with van der Waals surface area (Å²) in [6, 6.07) is 7.13. The van der Waals surface area contributed by atoms with Crippen molar-refractivity contribution in [3.05, 3.63) is 35.4 Å². The van der Waals surface area contributed by atoms with Gasteiger partial charge in [-0.3, -0.25) is 9.59 Å². The van der Waals surface area contributed by atoms with Crippen LogP contribution in [0.15, 0.2) is 24.3 Å². The van der Waals surface area contributed by atoms with Crippen LogP contribution in [0.5, 0.6) is 0 Å². The second kappa shape index (κ2) is 5.03.